The van der Waals surface area contributed by atoms with Gasteiger partial charge in [0.15, 0.2) is 6.10 Å². The molecule has 0 aromatic rings. The van der Waals surface area contributed by atoms with E-state index < -0.39 is 51.8 Å². The minimum atomic E-state index is -4.64. The Bertz CT molecular complexity index is 1210. The van der Waals surface area contributed by atoms with Crippen LogP contribution in [0.4, 0.5) is 0 Å². The number of phosphoric ester groups is 1. The van der Waals surface area contributed by atoms with E-state index in [1.807, 2.05) is 6.08 Å². The lowest BCUT2D eigenvalue weighted by atomic mass is 10.1. The molecule has 0 spiro atoms. The fraction of sp³-hybridized carbons (Fsp3) is 0.708. The average Bonchev–Trinajstić information content (AvgIpc) is 3.22. The zero-order chi connectivity index (χ0) is 43.3. The molecule has 0 aliphatic carbocycles. The molecule has 0 amide bonds. The number of rotatable bonds is 42. The number of carbonyl (C=O) groups excluding carboxylic acids is 2. The fourth-order valence-electron chi connectivity index (χ4n) is 5.78. The quantitative estimate of drug-likeness (QED) is 0.0234. The van der Waals surface area contributed by atoms with Gasteiger partial charge in [-0.25, -0.2) is 4.57 Å². The van der Waals surface area contributed by atoms with Crippen molar-refractivity contribution in [3.05, 3.63) is 72.9 Å². The number of hydrogen-bond donors (Lipinski definition) is 3. The molecule has 0 heterocycles. The van der Waals surface area contributed by atoms with Crippen LogP contribution in [0.15, 0.2) is 72.9 Å². The number of aliphatic hydroxyl groups excluding tert-OH is 2. The first-order valence-electron chi connectivity index (χ1n) is 22.9. The van der Waals surface area contributed by atoms with Crippen LogP contribution < -0.4 is 0 Å². The third-order valence-electron chi connectivity index (χ3n) is 9.33. The first-order valence-corrected chi connectivity index (χ1v) is 24.4. The predicted molar refractivity (Wildman–Crippen MR) is 242 cm³/mol. The predicted octanol–water partition coefficient (Wildman–Crippen LogP) is 12.4. The molecule has 0 rings (SSSR count). The van der Waals surface area contributed by atoms with Crippen LogP contribution in [-0.4, -0.2) is 65.7 Å². The standard InChI is InChI=1S/C48H83O10P/c1-3-5-7-9-11-13-15-17-19-21-22-24-25-27-29-31-33-35-37-39-47(51)55-43-46(44-57-59(53,54)56-42-45(50)41-49)58-48(52)40-38-36-34-32-30-28-26-23-20-18-16-14-12-10-8-6-4-2/h11,13,17,19,22,24,26-29,32,34,45-46,49-50H,3-10,12,14-16,18,20-21,23,25,30-31,33,35-44H2,1-2H3,(H,53,54)/b13-11+,19-17+,24-22+,28-26+,29-27+,34-32+/t45-,46+/m0/s1. The molecule has 0 saturated carbocycles. The molecule has 0 radical (unpaired) electrons. The van der Waals surface area contributed by atoms with Crippen molar-refractivity contribution in [2.75, 3.05) is 26.4 Å². The van der Waals surface area contributed by atoms with Crippen LogP contribution in [0.5, 0.6) is 0 Å². The summed E-state index contributed by atoms with van der Waals surface area (Å²) in [6, 6.07) is 0. The van der Waals surface area contributed by atoms with Gasteiger partial charge in [-0.15, -0.1) is 0 Å². The van der Waals surface area contributed by atoms with Crippen LogP contribution in [0.1, 0.15) is 181 Å². The van der Waals surface area contributed by atoms with Crippen molar-refractivity contribution in [3.63, 3.8) is 0 Å². The summed E-state index contributed by atoms with van der Waals surface area (Å²) in [5.74, 6) is -1.02. The van der Waals surface area contributed by atoms with E-state index in [1.165, 1.54) is 83.5 Å². The maximum atomic E-state index is 12.6. The number of unbranched alkanes of at least 4 members (excludes halogenated alkanes) is 16. The maximum Gasteiger partial charge on any atom is 0.472 e. The number of allylic oxidation sites excluding steroid dienone is 12. The summed E-state index contributed by atoms with van der Waals surface area (Å²) >= 11 is 0. The van der Waals surface area contributed by atoms with Crippen LogP contribution in [0.2, 0.25) is 0 Å². The monoisotopic (exact) mass is 851 g/mol. The Morgan fingerprint density at radius 1 is 0.508 bits per heavy atom. The van der Waals surface area contributed by atoms with Crippen molar-refractivity contribution in [3.8, 4) is 0 Å². The van der Waals surface area contributed by atoms with Crippen LogP contribution in [0.3, 0.4) is 0 Å². The Kier molecular flexibility index (Phi) is 41.6. The summed E-state index contributed by atoms with van der Waals surface area (Å²) in [5, 5.41) is 18.3. The highest BCUT2D eigenvalue weighted by Gasteiger charge is 2.27. The molecule has 0 fully saturated rings. The second kappa shape index (κ2) is 43.5. The van der Waals surface area contributed by atoms with Gasteiger partial charge in [0.05, 0.1) is 19.8 Å². The lowest BCUT2D eigenvalue weighted by Crippen LogP contribution is -2.29. The molecule has 0 aliphatic heterocycles. The molecule has 0 aliphatic rings. The lowest BCUT2D eigenvalue weighted by Gasteiger charge is -2.20. The fourth-order valence-corrected chi connectivity index (χ4v) is 6.57. The molecule has 59 heavy (non-hydrogen) atoms. The number of hydrogen-bond acceptors (Lipinski definition) is 9. The largest absolute Gasteiger partial charge is 0.472 e. The Morgan fingerprint density at radius 3 is 1.41 bits per heavy atom. The minimum Gasteiger partial charge on any atom is -0.462 e. The summed E-state index contributed by atoms with van der Waals surface area (Å²) in [6.07, 6.45) is 50.2. The van der Waals surface area contributed by atoms with E-state index in [0.29, 0.717) is 19.3 Å². The van der Waals surface area contributed by atoms with Crippen molar-refractivity contribution in [2.45, 2.75) is 193 Å². The molecule has 0 bridgehead atoms. The van der Waals surface area contributed by atoms with Crippen LogP contribution in [0.25, 0.3) is 0 Å². The number of carbonyl (C=O) groups is 2. The van der Waals surface area contributed by atoms with Gasteiger partial charge in [-0.2, -0.15) is 0 Å². The molecule has 10 nitrogen and oxygen atoms in total. The van der Waals surface area contributed by atoms with E-state index in [-0.39, 0.29) is 19.4 Å². The Hall–Kier alpha value is -2.59. The normalized spacial score (nSPS) is 14.5. The molecule has 3 N–H and O–H groups in total. The summed E-state index contributed by atoms with van der Waals surface area (Å²) in [6.45, 7) is 2.26. The highest BCUT2D eigenvalue weighted by Crippen LogP contribution is 2.43. The van der Waals surface area contributed by atoms with E-state index in [0.717, 1.165) is 51.4 Å². The SMILES string of the molecule is CCCCC/C=C/C/C=C/C/C=C/C/C=C/CCCCCC(=O)OC[C@H](COP(=O)(O)OC[C@@H](O)CO)OC(=O)CCC/C=C/C/C=C/CCCCCCCCCCC. The second-order valence-corrected chi connectivity index (χ2v) is 16.5. The van der Waals surface area contributed by atoms with Gasteiger partial charge in [0, 0.05) is 12.8 Å². The van der Waals surface area contributed by atoms with Gasteiger partial charge in [-0.1, -0.05) is 157 Å². The summed E-state index contributed by atoms with van der Waals surface area (Å²) < 4.78 is 32.7. The van der Waals surface area contributed by atoms with E-state index in [2.05, 4.69) is 85.2 Å². The van der Waals surface area contributed by atoms with Gasteiger partial charge in [-0.3, -0.25) is 18.6 Å². The van der Waals surface area contributed by atoms with Crippen molar-refractivity contribution in [2.24, 2.45) is 0 Å². The van der Waals surface area contributed by atoms with Gasteiger partial charge >= 0.3 is 19.8 Å². The molecular weight excluding hydrogens is 767 g/mol. The van der Waals surface area contributed by atoms with E-state index >= 15 is 0 Å². The van der Waals surface area contributed by atoms with E-state index in [1.54, 1.807) is 0 Å². The van der Waals surface area contributed by atoms with Crippen molar-refractivity contribution in [1.82, 2.24) is 0 Å². The van der Waals surface area contributed by atoms with E-state index in [9.17, 15) is 24.2 Å². The van der Waals surface area contributed by atoms with Gasteiger partial charge in [-0.05, 0) is 83.5 Å². The summed E-state index contributed by atoms with van der Waals surface area (Å²) in [5.41, 5.74) is 0. The number of aliphatic hydroxyl groups is 2. The van der Waals surface area contributed by atoms with Gasteiger partial charge < -0.3 is 24.6 Å². The molecule has 3 atom stereocenters. The molecule has 1 unspecified atom stereocenters. The smallest absolute Gasteiger partial charge is 0.462 e. The van der Waals surface area contributed by atoms with E-state index in [4.69, 9.17) is 19.1 Å². The molecule has 0 aromatic heterocycles. The zero-order valence-corrected chi connectivity index (χ0v) is 37.8. The van der Waals surface area contributed by atoms with Crippen LogP contribution >= 0.6 is 7.82 Å². The van der Waals surface area contributed by atoms with Crippen molar-refractivity contribution >= 4 is 19.8 Å². The molecular formula is C48H83O10P. The maximum absolute atomic E-state index is 12.6. The number of esters is 2. The highest BCUT2D eigenvalue weighted by atomic mass is 31.2. The third-order valence-corrected chi connectivity index (χ3v) is 10.3. The Morgan fingerprint density at radius 2 is 0.898 bits per heavy atom. The Balaban J connectivity index is 4.40. The zero-order valence-electron chi connectivity index (χ0n) is 36.9. The first kappa shape index (κ1) is 56.4. The number of ether oxygens (including phenoxy) is 2. The number of phosphoric acid groups is 1. The Labute approximate surface area is 358 Å². The summed E-state index contributed by atoms with van der Waals surface area (Å²) in [4.78, 5) is 35.0. The highest BCUT2D eigenvalue weighted by molar-refractivity contribution is 7.47. The first-order chi connectivity index (χ1) is 28.7. The topological polar surface area (TPSA) is 149 Å². The summed E-state index contributed by atoms with van der Waals surface area (Å²) in [7, 11) is -4.64. The van der Waals surface area contributed by atoms with Gasteiger partial charge in [0.25, 0.3) is 0 Å². The van der Waals surface area contributed by atoms with Crippen molar-refractivity contribution in [1.29, 1.82) is 0 Å². The molecule has 11 heteroatoms. The van der Waals surface area contributed by atoms with Gasteiger partial charge in [0.1, 0.15) is 12.7 Å². The average molecular weight is 851 g/mol. The van der Waals surface area contributed by atoms with Crippen LogP contribution in [0, 0.1) is 0 Å². The third kappa shape index (κ3) is 43.3. The minimum absolute atomic E-state index is 0.110. The molecule has 0 aromatic carbocycles. The van der Waals surface area contributed by atoms with Crippen molar-refractivity contribution < 1.29 is 47.8 Å². The molecule has 0 saturated heterocycles. The van der Waals surface area contributed by atoms with Crippen LogP contribution in [-0.2, 0) is 32.7 Å². The molecule has 340 valence electrons. The lowest BCUT2D eigenvalue weighted by molar-refractivity contribution is -0.161. The van der Waals surface area contributed by atoms with Gasteiger partial charge in [0.2, 0.25) is 0 Å². The second-order valence-electron chi connectivity index (χ2n) is 15.1.